The normalized spacial score (nSPS) is 18.8. The summed E-state index contributed by atoms with van der Waals surface area (Å²) in [5.41, 5.74) is 2.23. The van der Waals surface area contributed by atoms with E-state index in [9.17, 15) is 9.59 Å². The number of halogens is 2. The molecule has 2 saturated heterocycles. The molecular weight excluding hydrogens is 523 g/mol. The molecule has 0 spiro atoms. The minimum atomic E-state index is -0.514. The number of benzene rings is 2. The maximum atomic E-state index is 13.4. The van der Waals surface area contributed by atoms with Crippen LogP contribution in [0.1, 0.15) is 59.4 Å². The number of hydrogen-bond donors (Lipinski definition) is 0. The van der Waals surface area contributed by atoms with Crippen LogP contribution < -0.4 is 4.74 Å². The van der Waals surface area contributed by atoms with Crippen molar-refractivity contribution in [3.8, 4) is 16.9 Å². The van der Waals surface area contributed by atoms with Crippen molar-refractivity contribution in [1.29, 1.82) is 0 Å². The van der Waals surface area contributed by atoms with Gasteiger partial charge in [-0.25, -0.2) is 4.79 Å². The highest BCUT2D eigenvalue weighted by molar-refractivity contribution is 6.36. The van der Waals surface area contributed by atoms with E-state index in [-0.39, 0.29) is 30.1 Å². The summed E-state index contributed by atoms with van der Waals surface area (Å²) in [6, 6.07) is 11.8. The highest BCUT2D eigenvalue weighted by Crippen LogP contribution is 2.36. The van der Waals surface area contributed by atoms with E-state index in [2.05, 4.69) is 0 Å². The average molecular weight is 562 g/mol. The second-order valence-corrected chi connectivity index (χ2v) is 12.3. The van der Waals surface area contributed by atoms with Gasteiger partial charge in [-0.1, -0.05) is 35.3 Å². The molecule has 0 aliphatic carbocycles. The molecule has 2 aromatic rings. The van der Waals surface area contributed by atoms with Gasteiger partial charge in [-0.3, -0.25) is 4.79 Å². The Balaban J connectivity index is 1.36. The van der Waals surface area contributed by atoms with E-state index in [1.807, 2.05) is 75.9 Å². The van der Waals surface area contributed by atoms with Crippen LogP contribution in [0, 0.1) is 5.92 Å². The van der Waals surface area contributed by atoms with Crippen LogP contribution in [0.4, 0.5) is 4.79 Å². The molecule has 2 aliphatic heterocycles. The Bertz CT molecular complexity index is 1130. The monoisotopic (exact) mass is 560 g/mol. The smallest absolute Gasteiger partial charge is 0.410 e. The van der Waals surface area contributed by atoms with Crippen molar-refractivity contribution in [2.45, 2.75) is 78.0 Å². The van der Waals surface area contributed by atoms with Gasteiger partial charge in [0.15, 0.2) is 0 Å². The molecule has 0 N–H and O–H groups in total. The van der Waals surface area contributed by atoms with Crippen LogP contribution in [-0.4, -0.2) is 59.2 Å². The minimum Gasteiger partial charge on any atom is -0.491 e. The molecule has 1 atom stereocenters. The van der Waals surface area contributed by atoms with Crippen LogP contribution in [0.2, 0.25) is 10.0 Å². The number of carbonyl (C=O) groups is 2. The van der Waals surface area contributed by atoms with E-state index in [1.54, 1.807) is 4.90 Å². The summed E-state index contributed by atoms with van der Waals surface area (Å²) in [5, 5.41) is 1.15. The third-order valence-electron chi connectivity index (χ3n) is 7.06. The van der Waals surface area contributed by atoms with Crippen LogP contribution in [0.5, 0.6) is 5.75 Å². The molecule has 4 rings (SSSR count). The third-order valence-corrected chi connectivity index (χ3v) is 7.73. The molecule has 0 saturated carbocycles. The highest BCUT2D eigenvalue weighted by atomic mass is 35.5. The predicted octanol–water partition coefficient (Wildman–Crippen LogP) is 7.24. The van der Waals surface area contributed by atoms with Crippen molar-refractivity contribution in [1.82, 2.24) is 9.80 Å². The minimum absolute atomic E-state index is 0.114. The molecule has 8 heteroatoms. The number of amides is 2. The van der Waals surface area contributed by atoms with Crippen molar-refractivity contribution >= 4 is 35.2 Å². The summed E-state index contributed by atoms with van der Waals surface area (Å²) in [6.07, 6.45) is 2.64. The fourth-order valence-electron chi connectivity index (χ4n) is 5.21. The quantitative estimate of drug-likeness (QED) is 0.373. The van der Waals surface area contributed by atoms with E-state index < -0.39 is 5.60 Å². The predicted molar refractivity (Wildman–Crippen MR) is 152 cm³/mol. The Hall–Kier alpha value is -2.44. The number of rotatable bonds is 6. The summed E-state index contributed by atoms with van der Waals surface area (Å²) in [7, 11) is 0. The van der Waals surface area contributed by atoms with E-state index in [4.69, 9.17) is 32.7 Å². The van der Waals surface area contributed by atoms with E-state index >= 15 is 0 Å². The first-order chi connectivity index (χ1) is 17.9. The van der Waals surface area contributed by atoms with E-state index in [0.29, 0.717) is 29.6 Å². The topological polar surface area (TPSA) is 59.1 Å². The molecule has 0 unspecified atom stereocenters. The molecule has 38 heavy (non-hydrogen) atoms. The number of likely N-dealkylation sites (tertiary alicyclic amines) is 2. The van der Waals surface area contributed by atoms with Crippen LogP contribution in [0.25, 0.3) is 11.1 Å². The molecule has 2 heterocycles. The van der Waals surface area contributed by atoms with Gasteiger partial charge in [0.2, 0.25) is 5.91 Å². The van der Waals surface area contributed by atoms with Gasteiger partial charge in [-0.05, 0) is 101 Å². The maximum Gasteiger partial charge on any atom is 0.410 e. The zero-order valence-corrected chi connectivity index (χ0v) is 24.4. The van der Waals surface area contributed by atoms with Gasteiger partial charge < -0.3 is 19.3 Å². The number of carbonyl (C=O) groups excluding carboxylic acids is 2. The van der Waals surface area contributed by atoms with Crippen molar-refractivity contribution in [3.63, 3.8) is 0 Å². The molecule has 0 bridgehead atoms. The first-order valence-corrected chi connectivity index (χ1v) is 14.2. The van der Waals surface area contributed by atoms with Gasteiger partial charge in [0.05, 0.1) is 6.10 Å². The Morgan fingerprint density at radius 1 is 0.974 bits per heavy atom. The number of hydrogen-bond acceptors (Lipinski definition) is 4. The largest absolute Gasteiger partial charge is 0.491 e. The van der Waals surface area contributed by atoms with E-state index in [1.165, 1.54) is 0 Å². The van der Waals surface area contributed by atoms with Crippen molar-refractivity contribution in [3.05, 3.63) is 52.0 Å². The van der Waals surface area contributed by atoms with Gasteiger partial charge in [0, 0.05) is 41.6 Å². The van der Waals surface area contributed by atoms with Gasteiger partial charge in [-0.2, -0.15) is 0 Å². The van der Waals surface area contributed by atoms with Gasteiger partial charge in [0.1, 0.15) is 11.4 Å². The number of ether oxygens (including phenoxy) is 2. The van der Waals surface area contributed by atoms with Crippen LogP contribution in [-0.2, 0) is 16.0 Å². The maximum absolute atomic E-state index is 13.4. The molecule has 2 amide bonds. The Kier molecular flexibility index (Phi) is 8.83. The van der Waals surface area contributed by atoms with Gasteiger partial charge in [-0.15, -0.1) is 0 Å². The van der Waals surface area contributed by atoms with Crippen molar-refractivity contribution < 1.29 is 19.1 Å². The van der Waals surface area contributed by atoms with Gasteiger partial charge >= 0.3 is 6.09 Å². The lowest BCUT2D eigenvalue weighted by Gasteiger charge is -2.37. The third kappa shape index (κ3) is 6.95. The van der Waals surface area contributed by atoms with Crippen LogP contribution in [0.3, 0.4) is 0 Å². The van der Waals surface area contributed by atoms with Crippen molar-refractivity contribution in [2.24, 2.45) is 5.92 Å². The lowest BCUT2D eigenvalue weighted by atomic mass is 9.95. The number of piperidine rings is 1. The highest BCUT2D eigenvalue weighted by Gasteiger charge is 2.38. The summed E-state index contributed by atoms with van der Waals surface area (Å²) >= 11 is 13.4. The average Bonchev–Trinajstić information content (AvgIpc) is 3.20. The summed E-state index contributed by atoms with van der Waals surface area (Å²) in [4.78, 5) is 29.5. The standard InChI is InChI=1S/C30H38Cl2N2O4/c1-19(2)37-24-8-6-20(7-9-24)22-17-26(31)25(27(32)18-22)16-21-10-15-34(28(21)35)23-11-13-33(14-12-23)29(36)38-30(3,4)5/h6-9,17-19,21,23H,10-16H2,1-5H3/t21-/m0/s1. The zero-order chi connectivity index (χ0) is 27.6. The zero-order valence-electron chi connectivity index (χ0n) is 22.9. The molecule has 2 fully saturated rings. The van der Waals surface area contributed by atoms with Crippen LogP contribution >= 0.6 is 23.2 Å². The Morgan fingerprint density at radius 2 is 1.58 bits per heavy atom. The SMILES string of the molecule is CC(C)Oc1ccc(-c2cc(Cl)c(C[C@@H]3CCN(C4CCN(C(=O)OC(C)(C)C)CC4)C3=O)c(Cl)c2)cc1. The Morgan fingerprint density at radius 3 is 2.13 bits per heavy atom. The molecule has 0 radical (unpaired) electrons. The fourth-order valence-corrected chi connectivity index (χ4v) is 5.85. The molecule has 6 nitrogen and oxygen atoms in total. The second kappa shape index (κ2) is 11.7. The summed E-state index contributed by atoms with van der Waals surface area (Å²) < 4.78 is 11.2. The van der Waals surface area contributed by atoms with Crippen molar-refractivity contribution in [2.75, 3.05) is 19.6 Å². The van der Waals surface area contributed by atoms with Gasteiger partial charge in [0.25, 0.3) is 0 Å². The summed E-state index contributed by atoms with van der Waals surface area (Å²) in [6.45, 7) is 11.5. The second-order valence-electron chi connectivity index (χ2n) is 11.5. The molecule has 0 aromatic heterocycles. The molecular formula is C30H38Cl2N2O4. The molecule has 2 aromatic carbocycles. The fraction of sp³-hybridized carbons (Fsp3) is 0.533. The first-order valence-electron chi connectivity index (χ1n) is 13.4. The Labute approximate surface area is 236 Å². The molecule has 206 valence electrons. The molecule has 2 aliphatic rings. The first kappa shape index (κ1) is 28.6. The lowest BCUT2D eigenvalue weighted by Crippen LogP contribution is -2.48. The summed E-state index contributed by atoms with van der Waals surface area (Å²) in [5.74, 6) is 0.822. The van der Waals surface area contributed by atoms with E-state index in [0.717, 1.165) is 48.2 Å². The van der Waals surface area contributed by atoms with Crippen LogP contribution in [0.15, 0.2) is 36.4 Å². The lowest BCUT2D eigenvalue weighted by molar-refractivity contribution is -0.133. The number of nitrogens with zero attached hydrogens (tertiary/aromatic N) is 2.